The predicted molar refractivity (Wildman–Crippen MR) is 58.5 cm³/mol. The molecule has 72 valence electrons. The Kier molecular flexibility index (Phi) is 7.44. The van der Waals surface area contributed by atoms with Gasteiger partial charge in [0.15, 0.2) is 0 Å². The van der Waals surface area contributed by atoms with Gasteiger partial charge in [-0.3, -0.25) is 0 Å². The summed E-state index contributed by atoms with van der Waals surface area (Å²) in [5, 5.41) is 0. The van der Waals surface area contributed by atoms with Crippen molar-refractivity contribution in [2.75, 3.05) is 13.1 Å². The zero-order valence-corrected chi connectivity index (χ0v) is 9.88. The van der Waals surface area contributed by atoms with Gasteiger partial charge in [0.1, 0.15) is 0 Å². The summed E-state index contributed by atoms with van der Waals surface area (Å²) in [6.07, 6.45) is 2.28. The molecule has 0 unspecified atom stereocenters. The number of allylic oxidation sites excluding steroid dienone is 1. The predicted octanol–water partition coefficient (Wildman–Crippen LogP) is 1.18. The Bertz CT molecular complexity index is 118. The summed E-state index contributed by atoms with van der Waals surface area (Å²) in [6, 6.07) is 0. The van der Waals surface area contributed by atoms with Crippen molar-refractivity contribution < 1.29 is 0 Å². The van der Waals surface area contributed by atoms with Crippen LogP contribution in [0.4, 0.5) is 0 Å². The molecule has 2 N–H and O–H groups in total. The van der Waals surface area contributed by atoms with E-state index in [1.54, 1.807) is 0 Å². The van der Waals surface area contributed by atoms with Crippen molar-refractivity contribution in [1.82, 2.24) is 9.96 Å². The summed E-state index contributed by atoms with van der Waals surface area (Å²) in [7, 11) is -0.970. The van der Waals surface area contributed by atoms with E-state index in [2.05, 4.69) is 49.4 Å². The van der Waals surface area contributed by atoms with Crippen LogP contribution in [0.5, 0.6) is 0 Å². The lowest BCUT2D eigenvalue weighted by molar-refractivity contribution is 0.829. The summed E-state index contributed by atoms with van der Waals surface area (Å²) in [4.78, 5) is 6.96. The Hall–Kier alpha value is -0.123. The van der Waals surface area contributed by atoms with E-state index in [0.717, 1.165) is 13.1 Å². The topological polar surface area (TPSA) is 24.1 Å². The molecule has 0 aliphatic rings. The average molecular weight is 186 g/mol. The average Bonchev–Trinajstić information content (AvgIpc) is 2.01. The molecule has 0 aliphatic heterocycles. The molecular weight excluding hydrogens is 164 g/mol. The minimum absolute atomic E-state index is 0.664. The normalized spacial score (nSPS) is 12.2. The molecule has 0 saturated heterocycles. The van der Waals surface area contributed by atoms with Gasteiger partial charge < -0.3 is 9.96 Å². The smallest absolute Gasteiger partial charge is 0.209 e. The Morgan fingerprint density at radius 2 is 1.67 bits per heavy atom. The van der Waals surface area contributed by atoms with Crippen LogP contribution in [0.1, 0.15) is 27.7 Å². The summed E-state index contributed by atoms with van der Waals surface area (Å²) < 4.78 is 0. The summed E-state index contributed by atoms with van der Waals surface area (Å²) in [5.74, 6) is 0.664. The van der Waals surface area contributed by atoms with E-state index in [4.69, 9.17) is 0 Å². The van der Waals surface area contributed by atoms with Crippen molar-refractivity contribution in [3.05, 3.63) is 11.8 Å². The number of nitrogens with one attached hydrogen (secondary N) is 2. The molecule has 0 fully saturated rings. The van der Waals surface area contributed by atoms with Crippen LogP contribution in [0.15, 0.2) is 11.8 Å². The first-order valence-corrected chi connectivity index (χ1v) is 6.67. The molecule has 0 aromatic rings. The molecule has 0 spiro atoms. The minimum atomic E-state index is -0.970. The van der Waals surface area contributed by atoms with Crippen LogP contribution in [0.25, 0.3) is 0 Å². The van der Waals surface area contributed by atoms with E-state index >= 15 is 0 Å². The van der Waals surface area contributed by atoms with Crippen LogP contribution in [-0.4, -0.2) is 22.2 Å². The maximum Gasteiger partial charge on any atom is 0.209 e. The fraction of sp³-hybridized carbons (Fsp3) is 0.778. The maximum absolute atomic E-state index is 3.48. The molecule has 0 saturated carbocycles. The quantitative estimate of drug-likeness (QED) is 0.609. The summed E-state index contributed by atoms with van der Waals surface area (Å²) in [6.45, 7) is 10.8. The Balaban J connectivity index is 3.76. The van der Waals surface area contributed by atoms with Crippen LogP contribution >= 0.6 is 0 Å². The van der Waals surface area contributed by atoms with E-state index < -0.39 is 9.12 Å². The third kappa shape index (κ3) is 6.58. The molecule has 0 aliphatic carbocycles. The number of rotatable bonds is 6. The second kappa shape index (κ2) is 7.52. The van der Waals surface area contributed by atoms with Gasteiger partial charge in [-0.05, 0) is 19.0 Å². The van der Waals surface area contributed by atoms with Gasteiger partial charge in [0, 0.05) is 0 Å². The lowest BCUT2D eigenvalue weighted by Gasteiger charge is -2.12. The third-order valence-electron chi connectivity index (χ3n) is 1.54. The first-order chi connectivity index (χ1) is 5.70. The van der Waals surface area contributed by atoms with Crippen molar-refractivity contribution in [3.8, 4) is 0 Å². The van der Waals surface area contributed by atoms with Gasteiger partial charge in [-0.15, -0.1) is 0 Å². The van der Waals surface area contributed by atoms with Crippen molar-refractivity contribution in [2.45, 2.75) is 27.7 Å². The van der Waals surface area contributed by atoms with E-state index in [0.29, 0.717) is 5.92 Å². The van der Waals surface area contributed by atoms with Crippen LogP contribution in [-0.2, 0) is 0 Å². The number of hydrogen-bond acceptors (Lipinski definition) is 2. The van der Waals surface area contributed by atoms with E-state index in [1.165, 1.54) is 0 Å². The zero-order valence-electron chi connectivity index (χ0n) is 8.72. The summed E-state index contributed by atoms with van der Waals surface area (Å²) >= 11 is 0. The van der Waals surface area contributed by atoms with Crippen LogP contribution < -0.4 is 9.96 Å². The fourth-order valence-corrected chi connectivity index (χ4v) is 2.94. The standard InChI is InChI=1S/C9H22N2Si/c1-5-10-12(11-6-2)8-7-9(3)4/h7-12H,5-6H2,1-4H3. The Morgan fingerprint density at radius 3 is 2.00 bits per heavy atom. The van der Waals surface area contributed by atoms with Gasteiger partial charge in [-0.1, -0.05) is 39.5 Å². The highest BCUT2D eigenvalue weighted by Gasteiger charge is 2.01. The molecule has 0 bridgehead atoms. The highest BCUT2D eigenvalue weighted by molar-refractivity contribution is 6.58. The third-order valence-corrected chi connectivity index (χ3v) is 3.84. The van der Waals surface area contributed by atoms with E-state index in [9.17, 15) is 0 Å². The van der Waals surface area contributed by atoms with Crippen LogP contribution in [0.2, 0.25) is 0 Å². The molecule has 0 radical (unpaired) electrons. The molecule has 12 heavy (non-hydrogen) atoms. The van der Waals surface area contributed by atoms with Crippen molar-refractivity contribution in [1.29, 1.82) is 0 Å². The van der Waals surface area contributed by atoms with Gasteiger partial charge in [0.25, 0.3) is 0 Å². The van der Waals surface area contributed by atoms with Gasteiger partial charge >= 0.3 is 0 Å². The van der Waals surface area contributed by atoms with E-state index in [1.807, 2.05) is 0 Å². The molecule has 0 amide bonds. The van der Waals surface area contributed by atoms with E-state index in [-0.39, 0.29) is 0 Å². The molecular formula is C9H22N2Si. The van der Waals surface area contributed by atoms with Gasteiger partial charge in [-0.2, -0.15) is 0 Å². The zero-order chi connectivity index (χ0) is 9.40. The first-order valence-electron chi connectivity index (χ1n) is 4.85. The highest BCUT2D eigenvalue weighted by Crippen LogP contribution is 1.92. The number of hydrogen-bond donors (Lipinski definition) is 2. The highest BCUT2D eigenvalue weighted by atomic mass is 28.3. The van der Waals surface area contributed by atoms with Crippen molar-refractivity contribution in [3.63, 3.8) is 0 Å². The van der Waals surface area contributed by atoms with Crippen molar-refractivity contribution in [2.24, 2.45) is 5.92 Å². The lowest BCUT2D eigenvalue weighted by atomic mass is 10.2. The maximum atomic E-state index is 3.48. The van der Waals surface area contributed by atoms with Gasteiger partial charge in [-0.25, -0.2) is 0 Å². The Labute approximate surface area is 78.2 Å². The second-order valence-electron chi connectivity index (χ2n) is 3.22. The fourth-order valence-electron chi connectivity index (χ4n) is 0.981. The molecule has 0 aromatic heterocycles. The molecule has 3 heteroatoms. The minimum Gasteiger partial charge on any atom is -0.325 e. The lowest BCUT2D eigenvalue weighted by Crippen LogP contribution is -2.45. The van der Waals surface area contributed by atoms with Crippen LogP contribution in [0, 0.1) is 5.92 Å². The van der Waals surface area contributed by atoms with Gasteiger partial charge in [0.2, 0.25) is 9.12 Å². The molecule has 0 aromatic carbocycles. The summed E-state index contributed by atoms with van der Waals surface area (Å²) in [5.41, 5.74) is 2.33. The SMILES string of the molecule is CCN[SiH](C=CC(C)C)NCC. The monoisotopic (exact) mass is 186 g/mol. The van der Waals surface area contributed by atoms with Crippen molar-refractivity contribution >= 4 is 9.12 Å². The molecule has 0 atom stereocenters. The molecule has 0 rings (SSSR count). The van der Waals surface area contributed by atoms with Gasteiger partial charge in [0.05, 0.1) is 0 Å². The Morgan fingerprint density at radius 1 is 1.17 bits per heavy atom. The first kappa shape index (κ1) is 11.9. The molecule has 0 heterocycles. The molecule has 2 nitrogen and oxygen atoms in total. The van der Waals surface area contributed by atoms with Crippen LogP contribution in [0.3, 0.4) is 0 Å². The second-order valence-corrected chi connectivity index (χ2v) is 5.38. The largest absolute Gasteiger partial charge is 0.325 e.